The first-order valence-electron chi connectivity index (χ1n) is 13.7. The molecule has 1 heterocycles. The molecule has 1 aliphatic rings. The lowest BCUT2D eigenvalue weighted by molar-refractivity contribution is -0.412. The Kier molecular flexibility index (Phi) is 12.1. The number of hydrogen-bond donors (Lipinski definition) is 1. The summed E-state index contributed by atoms with van der Waals surface area (Å²) in [5.41, 5.74) is -4.57. The molecular weight excluding hydrogens is 577 g/mol. The maximum atomic E-state index is 14.2. The highest BCUT2D eigenvalue weighted by molar-refractivity contribution is 5.95. The molecule has 1 fully saturated rings. The molecule has 236 valence electrons. The van der Waals surface area contributed by atoms with Crippen molar-refractivity contribution in [1.82, 2.24) is 4.90 Å². The highest BCUT2D eigenvalue weighted by atomic mass is 19.4. The first kappa shape index (κ1) is 34.9. The van der Waals surface area contributed by atoms with E-state index in [4.69, 9.17) is 0 Å². The van der Waals surface area contributed by atoms with Crippen molar-refractivity contribution in [3.63, 3.8) is 0 Å². The second-order valence-electron chi connectivity index (χ2n) is 10.4. The average Bonchev–Trinajstić information content (AvgIpc) is 3.42. The van der Waals surface area contributed by atoms with E-state index in [2.05, 4.69) is 5.32 Å². The van der Waals surface area contributed by atoms with Gasteiger partial charge in [0.15, 0.2) is 0 Å². The summed E-state index contributed by atoms with van der Waals surface area (Å²) < 4.78 is 144. The van der Waals surface area contributed by atoms with Crippen molar-refractivity contribution in [1.29, 1.82) is 0 Å². The maximum Gasteiger partial charge on any atom is 0.460 e. The number of nitrogens with zero attached hydrogens (tertiary/aromatic N) is 1. The largest absolute Gasteiger partial charge is 0.460 e. The Morgan fingerprint density at radius 2 is 1.20 bits per heavy atom. The summed E-state index contributed by atoms with van der Waals surface area (Å²) in [5, 5.41) is 3.26. The molecule has 0 radical (unpaired) electrons. The minimum absolute atomic E-state index is 0.0106. The molecule has 1 aromatic carbocycles. The van der Waals surface area contributed by atoms with Crippen LogP contribution < -0.4 is 5.32 Å². The fourth-order valence-corrected chi connectivity index (χ4v) is 4.73. The Morgan fingerprint density at radius 3 is 1.71 bits per heavy atom. The second-order valence-corrected chi connectivity index (χ2v) is 10.4. The van der Waals surface area contributed by atoms with Gasteiger partial charge in [0.2, 0.25) is 0 Å². The highest BCUT2D eigenvalue weighted by Crippen LogP contribution is 2.58. The Morgan fingerprint density at radius 1 is 0.683 bits per heavy atom. The van der Waals surface area contributed by atoms with Crippen LogP contribution in [0.4, 0.5) is 54.0 Å². The summed E-state index contributed by atoms with van der Waals surface area (Å²) in [6.07, 6.45) is -10.5. The smallest absolute Gasteiger partial charge is 0.385 e. The van der Waals surface area contributed by atoms with Crippen molar-refractivity contribution in [3.05, 3.63) is 29.8 Å². The van der Waals surface area contributed by atoms with Crippen LogP contribution in [-0.2, 0) is 0 Å². The van der Waals surface area contributed by atoms with Gasteiger partial charge in [0.05, 0.1) is 0 Å². The molecule has 2 rings (SSSR count). The van der Waals surface area contributed by atoms with Crippen molar-refractivity contribution in [3.8, 4) is 0 Å². The SMILES string of the molecule is O=C(c1cccc(NCCCCCCCCCCCC(F)(C(F)(F)F)C(F)(F)C(F)(F)C(F)(F)F)c1)N1CCCC1. The zero-order valence-electron chi connectivity index (χ0n) is 22.4. The van der Waals surface area contributed by atoms with Gasteiger partial charge < -0.3 is 10.2 Å². The Bertz CT molecular complexity index is 959. The number of unbranched alkanes of at least 4 members (excludes halogenated alkanes) is 8. The van der Waals surface area contributed by atoms with Gasteiger partial charge in [-0.1, -0.05) is 51.0 Å². The van der Waals surface area contributed by atoms with E-state index >= 15 is 0 Å². The minimum atomic E-state index is -7.20. The first-order chi connectivity index (χ1) is 19.0. The van der Waals surface area contributed by atoms with E-state index in [-0.39, 0.29) is 18.7 Å². The van der Waals surface area contributed by atoms with E-state index in [9.17, 15) is 53.1 Å². The Hall–Kier alpha value is -2.28. The molecule has 41 heavy (non-hydrogen) atoms. The number of rotatable bonds is 16. The van der Waals surface area contributed by atoms with Crippen LogP contribution in [0.3, 0.4) is 0 Å². The van der Waals surface area contributed by atoms with Crippen LogP contribution in [0.25, 0.3) is 0 Å². The molecular formula is C27H35F11N2O. The number of carbonyl (C=O) groups excluding carboxylic acids is 1. The van der Waals surface area contributed by atoms with Gasteiger partial charge in [-0.3, -0.25) is 4.79 Å². The summed E-state index contributed by atoms with van der Waals surface area (Å²) in [7, 11) is 0. The summed E-state index contributed by atoms with van der Waals surface area (Å²) >= 11 is 0. The van der Waals surface area contributed by atoms with Crippen LogP contribution in [0.2, 0.25) is 0 Å². The summed E-state index contributed by atoms with van der Waals surface area (Å²) in [6.45, 7) is 2.20. The summed E-state index contributed by atoms with van der Waals surface area (Å²) in [5.74, 6) is -14.2. The first-order valence-corrected chi connectivity index (χ1v) is 13.7. The standard InChI is InChI=1S/C27H35F11N2O/c28-23(26(33,34)35,24(29,30)25(31,32)27(36,37)38)15-8-6-4-2-1-3-5-7-9-16-39-21-14-12-13-20(19-21)22(41)40-17-10-11-18-40/h12-14,19,39H,1-11,15-18H2. The highest BCUT2D eigenvalue weighted by Gasteiger charge is 2.85. The average molecular weight is 613 g/mol. The molecule has 14 heteroatoms. The number of anilines is 1. The van der Waals surface area contributed by atoms with Crippen LogP contribution in [0.15, 0.2) is 24.3 Å². The van der Waals surface area contributed by atoms with Gasteiger partial charge in [0.1, 0.15) is 0 Å². The number of halogens is 11. The Labute approximate surface area is 231 Å². The molecule has 1 atom stereocenters. The predicted octanol–water partition coefficient (Wildman–Crippen LogP) is 9.34. The lowest BCUT2D eigenvalue weighted by Gasteiger charge is -2.39. The Balaban J connectivity index is 1.63. The van der Waals surface area contributed by atoms with Gasteiger partial charge in [0, 0.05) is 30.9 Å². The van der Waals surface area contributed by atoms with Crippen LogP contribution >= 0.6 is 0 Å². The number of amides is 1. The number of nitrogens with one attached hydrogen (secondary N) is 1. The molecule has 1 unspecified atom stereocenters. The summed E-state index contributed by atoms with van der Waals surface area (Å²) in [6, 6.07) is 7.26. The number of hydrogen-bond acceptors (Lipinski definition) is 2. The zero-order chi connectivity index (χ0) is 31.0. The zero-order valence-corrected chi connectivity index (χ0v) is 22.4. The van der Waals surface area contributed by atoms with Gasteiger partial charge in [-0.2, -0.15) is 43.9 Å². The van der Waals surface area contributed by atoms with Crippen LogP contribution in [0.5, 0.6) is 0 Å². The van der Waals surface area contributed by atoms with E-state index in [0.717, 1.165) is 57.3 Å². The maximum absolute atomic E-state index is 14.2. The molecule has 0 aliphatic carbocycles. The van der Waals surface area contributed by atoms with E-state index in [1.807, 2.05) is 23.1 Å². The summed E-state index contributed by atoms with van der Waals surface area (Å²) in [4.78, 5) is 14.3. The number of likely N-dealkylation sites (tertiary alicyclic amines) is 1. The molecule has 0 saturated carbocycles. The monoisotopic (exact) mass is 612 g/mol. The fraction of sp³-hybridized carbons (Fsp3) is 0.741. The van der Waals surface area contributed by atoms with Crippen LogP contribution in [0.1, 0.15) is 87.4 Å². The van der Waals surface area contributed by atoms with Gasteiger partial charge >= 0.3 is 24.2 Å². The van der Waals surface area contributed by atoms with Gasteiger partial charge in [-0.15, -0.1) is 0 Å². The van der Waals surface area contributed by atoms with E-state index < -0.39 is 42.7 Å². The lowest BCUT2D eigenvalue weighted by atomic mass is 9.86. The molecule has 1 aromatic rings. The third-order valence-corrected chi connectivity index (χ3v) is 7.23. The third-order valence-electron chi connectivity index (χ3n) is 7.23. The topological polar surface area (TPSA) is 32.3 Å². The minimum Gasteiger partial charge on any atom is -0.385 e. The van der Waals surface area contributed by atoms with E-state index in [0.29, 0.717) is 24.9 Å². The number of carbonyl (C=O) groups is 1. The van der Waals surface area contributed by atoms with Crippen molar-refractivity contribution < 1.29 is 53.1 Å². The van der Waals surface area contributed by atoms with Crippen LogP contribution in [-0.4, -0.2) is 60.3 Å². The van der Waals surface area contributed by atoms with E-state index in [1.54, 1.807) is 6.07 Å². The molecule has 3 nitrogen and oxygen atoms in total. The fourth-order valence-electron chi connectivity index (χ4n) is 4.73. The van der Waals surface area contributed by atoms with Crippen LogP contribution in [0, 0.1) is 0 Å². The van der Waals surface area contributed by atoms with Gasteiger partial charge in [0.25, 0.3) is 11.6 Å². The molecule has 1 amide bonds. The van der Waals surface area contributed by atoms with E-state index in [1.165, 1.54) is 0 Å². The molecule has 1 aliphatic heterocycles. The van der Waals surface area contributed by atoms with Crippen molar-refractivity contribution >= 4 is 11.6 Å². The van der Waals surface area contributed by atoms with Gasteiger partial charge in [-0.05, 0) is 50.3 Å². The molecule has 1 saturated heterocycles. The van der Waals surface area contributed by atoms with Crippen molar-refractivity contribution in [2.75, 3.05) is 25.0 Å². The molecule has 1 N–H and O–H groups in total. The number of alkyl halides is 11. The normalized spacial score (nSPS) is 16.6. The van der Waals surface area contributed by atoms with Gasteiger partial charge in [-0.25, -0.2) is 4.39 Å². The second kappa shape index (κ2) is 14.3. The molecule has 0 aromatic heterocycles. The quantitative estimate of drug-likeness (QED) is 0.149. The third kappa shape index (κ3) is 8.62. The predicted molar refractivity (Wildman–Crippen MR) is 132 cm³/mol. The van der Waals surface area contributed by atoms with Crippen molar-refractivity contribution in [2.45, 2.75) is 107 Å². The number of benzene rings is 1. The van der Waals surface area contributed by atoms with Crippen molar-refractivity contribution in [2.24, 2.45) is 0 Å². The lowest BCUT2D eigenvalue weighted by Crippen LogP contribution is -2.67. The molecule has 0 spiro atoms. The molecule has 0 bridgehead atoms.